The molecular formula is C24H23F6N3O5S2. The van der Waals surface area contributed by atoms with E-state index < -0.39 is 41.0 Å². The van der Waals surface area contributed by atoms with Crippen LogP contribution < -0.4 is 14.8 Å². The molecule has 16 heteroatoms. The maximum atomic E-state index is 12.8. The number of esters is 1. The molecule has 0 amide bonds. The monoisotopic (exact) mass is 611 g/mol. The van der Waals surface area contributed by atoms with Crippen LogP contribution in [-0.4, -0.2) is 45.2 Å². The number of rotatable bonds is 10. The minimum Gasteiger partial charge on any atom is -0.465 e. The Hall–Kier alpha value is -3.14. The van der Waals surface area contributed by atoms with Crippen molar-refractivity contribution < 1.29 is 49.6 Å². The second-order valence-corrected chi connectivity index (χ2v) is 11.2. The Balaban J connectivity index is 1.66. The van der Waals surface area contributed by atoms with Gasteiger partial charge in [-0.05, 0) is 55.9 Å². The van der Waals surface area contributed by atoms with Crippen LogP contribution in [0, 0.1) is 0 Å². The molecule has 1 aliphatic carbocycles. The fourth-order valence-corrected chi connectivity index (χ4v) is 6.37. The quantitative estimate of drug-likeness (QED) is 0.227. The van der Waals surface area contributed by atoms with Crippen molar-refractivity contribution in [3.63, 3.8) is 0 Å². The Morgan fingerprint density at radius 2 is 1.68 bits per heavy atom. The van der Waals surface area contributed by atoms with Crippen LogP contribution in [0.3, 0.4) is 0 Å². The van der Waals surface area contributed by atoms with Gasteiger partial charge in [-0.1, -0.05) is 0 Å². The van der Waals surface area contributed by atoms with Crippen molar-refractivity contribution in [3.05, 3.63) is 40.0 Å². The Morgan fingerprint density at radius 3 is 2.30 bits per heavy atom. The van der Waals surface area contributed by atoms with Crippen molar-refractivity contribution in [1.29, 1.82) is 0 Å². The van der Waals surface area contributed by atoms with Gasteiger partial charge < -0.3 is 19.5 Å². The standard InChI is InChI=1S/C24H23F6N3O5S2/c1-2-36-19(34)12-40(35)11-18-32-21(20-16-5-3-4-6-17(16)39-22(20)33-18)31-10-13-7-14(37-23(25,26)27)9-15(8-13)38-24(28,29)30/h7-9H,2-6,10-12H2,1H3,(H,31,32,33). The molecule has 1 atom stereocenters. The lowest BCUT2D eigenvalue weighted by Gasteiger charge is -2.16. The smallest absolute Gasteiger partial charge is 0.465 e. The van der Waals surface area contributed by atoms with Crippen molar-refractivity contribution >= 4 is 44.1 Å². The number of hydrogen-bond donors (Lipinski definition) is 1. The first-order chi connectivity index (χ1) is 18.8. The maximum absolute atomic E-state index is 12.8. The van der Waals surface area contributed by atoms with Gasteiger partial charge in [-0.3, -0.25) is 9.00 Å². The topological polar surface area (TPSA) is 99.6 Å². The van der Waals surface area contributed by atoms with Crippen molar-refractivity contribution in [2.45, 2.75) is 57.6 Å². The zero-order valence-electron chi connectivity index (χ0n) is 20.9. The normalized spacial score (nSPS) is 14.5. The molecule has 0 saturated carbocycles. The minimum atomic E-state index is -5.13. The summed E-state index contributed by atoms with van der Waals surface area (Å²) in [6, 6.07) is 2.35. The van der Waals surface area contributed by atoms with Gasteiger partial charge in [0.2, 0.25) is 0 Å². The van der Waals surface area contributed by atoms with Gasteiger partial charge in [0.15, 0.2) is 0 Å². The predicted molar refractivity (Wildman–Crippen MR) is 135 cm³/mol. The molecule has 0 radical (unpaired) electrons. The van der Waals surface area contributed by atoms with E-state index in [0.717, 1.165) is 48.3 Å². The number of nitrogens with one attached hydrogen (secondary N) is 1. The summed E-state index contributed by atoms with van der Waals surface area (Å²) in [5.74, 6) is -2.48. The molecule has 0 saturated heterocycles. The fourth-order valence-electron chi connectivity index (χ4n) is 4.23. The number of thiophene rings is 1. The molecule has 8 nitrogen and oxygen atoms in total. The van der Waals surface area contributed by atoms with E-state index >= 15 is 0 Å². The minimum absolute atomic E-state index is 0.00991. The summed E-state index contributed by atoms with van der Waals surface area (Å²) >= 11 is 1.44. The van der Waals surface area contributed by atoms with E-state index in [2.05, 4.69) is 24.8 Å². The summed E-state index contributed by atoms with van der Waals surface area (Å²) in [6.07, 6.45) is -6.78. The van der Waals surface area contributed by atoms with Gasteiger partial charge in [0, 0.05) is 28.3 Å². The Kier molecular flexibility index (Phi) is 9.07. The lowest BCUT2D eigenvalue weighted by molar-refractivity contribution is -0.276. The fraction of sp³-hybridized carbons (Fsp3) is 0.458. The van der Waals surface area contributed by atoms with E-state index in [4.69, 9.17) is 4.74 Å². The second-order valence-electron chi connectivity index (χ2n) is 8.67. The highest BCUT2D eigenvalue weighted by Gasteiger charge is 2.34. The molecular weight excluding hydrogens is 588 g/mol. The molecule has 0 aliphatic heterocycles. The number of aromatic nitrogens is 2. The van der Waals surface area contributed by atoms with Crippen LogP contribution in [0.4, 0.5) is 32.2 Å². The van der Waals surface area contributed by atoms with Gasteiger partial charge >= 0.3 is 18.7 Å². The summed E-state index contributed by atoms with van der Waals surface area (Å²) in [5, 5.41) is 3.68. The van der Waals surface area contributed by atoms with Crippen LogP contribution in [-0.2, 0) is 45.5 Å². The van der Waals surface area contributed by atoms with Gasteiger partial charge in [-0.25, -0.2) is 9.97 Å². The van der Waals surface area contributed by atoms with Crippen LogP contribution in [0.25, 0.3) is 10.2 Å². The van der Waals surface area contributed by atoms with Crippen LogP contribution in [0.15, 0.2) is 18.2 Å². The number of ether oxygens (including phenoxy) is 3. The number of fused-ring (bicyclic) bond motifs is 3. The summed E-state index contributed by atoms with van der Waals surface area (Å²) in [5.41, 5.74) is 1.01. The average Bonchev–Trinajstić information content (AvgIpc) is 3.18. The van der Waals surface area contributed by atoms with Crippen molar-refractivity contribution in [2.24, 2.45) is 0 Å². The maximum Gasteiger partial charge on any atom is 0.573 e. The number of anilines is 1. The number of nitrogens with zero attached hydrogens (tertiary/aromatic N) is 2. The molecule has 1 aliphatic rings. The molecule has 0 bridgehead atoms. The highest BCUT2D eigenvalue weighted by Crippen LogP contribution is 2.39. The average molecular weight is 612 g/mol. The molecule has 40 heavy (non-hydrogen) atoms. The Labute approximate surface area is 230 Å². The number of alkyl halides is 6. The third-order valence-corrected chi connectivity index (χ3v) is 7.93. The Morgan fingerprint density at radius 1 is 1.02 bits per heavy atom. The van der Waals surface area contributed by atoms with Crippen molar-refractivity contribution in [1.82, 2.24) is 9.97 Å². The number of aryl methyl sites for hydroxylation is 2. The van der Waals surface area contributed by atoms with Crippen LogP contribution >= 0.6 is 11.3 Å². The van der Waals surface area contributed by atoms with Crippen molar-refractivity contribution in [2.75, 3.05) is 17.7 Å². The number of benzene rings is 1. The second kappa shape index (κ2) is 12.2. The van der Waals surface area contributed by atoms with E-state index in [9.17, 15) is 35.3 Å². The number of carbonyl (C=O) groups excluding carboxylic acids is 1. The van der Waals surface area contributed by atoms with E-state index in [1.54, 1.807) is 6.92 Å². The molecule has 0 fully saturated rings. The molecule has 2 aromatic heterocycles. The van der Waals surface area contributed by atoms with E-state index in [0.29, 0.717) is 16.3 Å². The zero-order valence-corrected chi connectivity index (χ0v) is 22.5. The lowest BCUT2D eigenvalue weighted by atomic mass is 9.97. The zero-order chi connectivity index (χ0) is 29.1. The van der Waals surface area contributed by atoms with E-state index in [1.807, 2.05) is 0 Å². The molecule has 0 spiro atoms. The van der Waals surface area contributed by atoms with Crippen LogP contribution in [0.1, 0.15) is 41.6 Å². The van der Waals surface area contributed by atoms with Gasteiger partial charge in [0.1, 0.15) is 33.7 Å². The highest BCUT2D eigenvalue weighted by atomic mass is 32.2. The number of halogens is 6. The first-order valence-corrected chi connectivity index (χ1v) is 14.3. The molecule has 1 unspecified atom stereocenters. The van der Waals surface area contributed by atoms with Crippen LogP contribution in [0.2, 0.25) is 0 Å². The summed E-state index contributed by atoms with van der Waals surface area (Å²) < 4.78 is 102. The van der Waals surface area contributed by atoms with Gasteiger partial charge in [-0.15, -0.1) is 37.7 Å². The van der Waals surface area contributed by atoms with Crippen LogP contribution in [0.5, 0.6) is 11.5 Å². The van der Waals surface area contributed by atoms with Gasteiger partial charge in [-0.2, -0.15) is 0 Å². The third kappa shape index (κ3) is 8.19. The first-order valence-electron chi connectivity index (χ1n) is 12.0. The molecule has 1 N–H and O–H groups in total. The molecule has 3 aromatic rings. The molecule has 2 heterocycles. The lowest BCUT2D eigenvalue weighted by Crippen LogP contribution is -2.19. The number of hydrogen-bond acceptors (Lipinski definition) is 9. The third-order valence-electron chi connectivity index (χ3n) is 5.60. The molecule has 1 aromatic carbocycles. The highest BCUT2D eigenvalue weighted by molar-refractivity contribution is 7.84. The van der Waals surface area contributed by atoms with Gasteiger partial charge in [0.25, 0.3) is 0 Å². The summed E-state index contributed by atoms with van der Waals surface area (Å²) in [4.78, 5) is 22.4. The summed E-state index contributed by atoms with van der Waals surface area (Å²) in [6.45, 7) is 1.52. The largest absolute Gasteiger partial charge is 0.573 e. The molecule has 218 valence electrons. The SMILES string of the molecule is CCOC(=O)CS(=O)Cc1nc(NCc2cc(OC(F)(F)F)cc(OC(F)(F)F)c2)c2c3c(sc2n1)CCCC3. The van der Waals surface area contributed by atoms with Gasteiger partial charge in [0.05, 0.1) is 17.7 Å². The Bertz CT molecular complexity index is 1380. The first kappa shape index (κ1) is 29.8. The van der Waals surface area contributed by atoms with Crippen molar-refractivity contribution in [3.8, 4) is 11.5 Å². The van der Waals surface area contributed by atoms with E-state index in [-0.39, 0.29) is 41.9 Å². The predicted octanol–water partition coefficient (Wildman–Crippen LogP) is 5.79. The molecule has 4 rings (SSSR count). The van der Waals surface area contributed by atoms with E-state index in [1.165, 1.54) is 11.3 Å². The number of carbonyl (C=O) groups is 1. The summed E-state index contributed by atoms with van der Waals surface area (Å²) in [7, 11) is -1.68.